The normalized spacial score (nSPS) is 15.1. The summed E-state index contributed by atoms with van der Waals surface area (Å²) in [6.45, 7) is 2.76. The molecule has 0 saturated carbocycles. The van der Waals surface area contributed by atoms with Gasteiger partial charge in [0.2, 0.25) is 11.8 Å². The van der Waals surface area contributed by atoms with Crippen LogP contribution in [0.1, 0.15) is 22.6 Å². The molecule has 1 aliphatic rings. The van der Waals surface area contributed by atoms with E-state index in [1.165, 1.54) is 24.3 Å². The highest BCUT2D eigenvalue weighted by atomic mass is 35.5. The molecule has 4 rings (SSSR count). The van der Waals surface area contributed by atoms with Gasteiger partial charge in [-0.15, -0.1) is 12.4 Å². The van der Waals surface area contributed by atoms with Gasteiger partial charge in [-0.25, -0.2) is 4.98 Å². The van der Waals surface area contributed by atoms with Gasteiger partial charge in [0.15, 0.2) is 11.5 Å². The van der Waals surface area contributed by atoms with Crippen molar-refractivity contribution >= 4 is 18.3 Å². The third-order valence-corrected chi connectivity index (χ3v) is 5.15. The third kappa shape index (κ3) is 4.42. The van der Waals surface area contributed by atoms with Crippen LogP contribution in [0.25, 0.3) is 11.5 Å². The predicted molar refractivity (Wildman–Crippen MR) is 115 cm³/mol. The maximum atomic E-state index is 12.6. The first-order chi connectivity index (χ1) is 14.0. The zero-order valence-electron chi connectivity index (χ0n) is 16.8. The number of aryl methyl sites for hydroxylation is 1. The molecule has 1 aliphatic heterocycles. The number of amides is 1. The fraction of sp³-hybridized carbons (Fsp3) is 0.273. The number of carbonyl (C=O) groups excluding carboxylic acids is 1. The fourth-order valence-electron chi connectivity index (χ4n) is 3.47. The van der Waals surface area contributed by atoms with Gasteiger partial charge in [-0.2, -0.15) is 0 Å². The number of aromatic hydroxyl groups is 1. The van der Waals surface area contributed by atoms with Gasteiger partial charge in [0.1, 0.15) is 11.5 Å². The molecule has 158 valence electrons. The minimum absolute atomic E-state index is 0. The van der Waals surface area contributed by atoms with Gasteiger partial charge < -0.3 is 24.9 Å². The SMILES string of the molecule is COc1ccc(-c2nc(CNC(=O)[C@H]3Cc4ccccc4CN3)c(C)o2)cc1O.Cl. The Balaban J connectivity index is 0.00000256. The van der Waals surface area contributed by atoms with Crippen molar-refractivity contribution in [3.8, 4) is 23.0 Å². The Labute approximate surface area is 180 Å². The maximum absolute atomic E-state index is 12.6. The zero-order valence-corrected chi connectivity index (χ0v) is 17.6. The number of carbonyl (C=O) groups is 1. The summed E-state index contributed by atoms with van der Waals surface area (Å²) < 4.78 is 10.8. The van der Waals surface area contributed by atoms with Gasteiger partial charge in [-0.05, 0) is 42.7 Å². The lowest BCUT2D eigenvalue weighted by Crippen LogP contribution is -2.47. The van der Waals surface area contributed by atoms with Gasteiger partial charge in [-0.1, -0.05) is 24.3 Å². The van der Waals surface area contributed by atoms with Crippen molar-refractivity contribution < 1.29 is 19.1 Å². The van der Waals surface area contributed by atoms with Gasteiger partial charge in [0.05, 0.1) is 19.7 Å². The molecule has 1 amide bonds. The number of fused-ring (bicyclic) bond motifs is 1. The Kier molecular flexibility index (Phi) is 6.64. The topological polar surface area (TPSA) is 96.6 Å². The van der Waals surface area contributed by atoms with Gasteiger partial charge in [0, 0.05) is 12.1 Å². The van der Waals surface area contributed by atoms with E-state index in [2.05, 4.69) is 27.8 Å². The summed E-state index contributed by atoms with van der Waals surface area (Å²) in [5.74, 6) is 1.34. The lowest BCUT2D eigenvalue weighted by Gasteiger charge is -2.25. The molecule has 0 radical (unpaired) electrons. The molecule has 0 aliphatic carbocycles. The van der Waals surface area contributed by atoms with Crippen molar-refractivity contribution in [2.75, 3.05) is 7.11 Å². The molecule has 0 saturated heterocycles. The highest BCUT2D eigenvalue weighted by Gasteiger charge is 2.24. The van der Waals surface area contributed by atoms with Crippen LogP contribution in [-0.4, -0.2) is 29.1 Å². The molecule has 0 unspecified atom stereocenters. The highest BCUT2D eigenvalue weighted by Crippen LogP contribution is 2.31. The zero-order chi connectivity index (χ0) is 20.4. The first kappa shape index (κ1) is 21.7. The van der Waals surface area contributed by atoms with E-state index in [-0.39, 0.29) is 36.7 Å². The van der Waals surface area contributed by atoms with Crippen LogP contribution in [0, 0.1) is 6.92 Å². The van der Waals surface area contributed by atoms with Crippen LogP contribution in [0.3, 0.4) is 0 Å². The van der Waals surface area contributed by atoms with Crippen LogP contribution in [0.2, 0.25) is 0 Å². The van der Waals surface area contributed by atoms with E-state index in [9.17, 15) is 9.90 Å². The molecule has 2 heterocycles. The number of benzene rings is 2. The number of nitrogens with zero attached hydrogens (tertiary/aromatic N) is 1. The second-order valence-corrected chi connectivity index (χ2v) is 7.03. The number of hydrogen-bond donors (Lipinski definition) is 3. The number of phenols is 1. The molecule has 0 spiro atoms. The minimum Gasteiger partial charge on any atom is -0.504 e. The highest BCUT2D eigenvalue weighted by molar-refractivity contribution is 5.85. The van der Waals surface area contributed by atoms with E-state index >= 15 is 0 Å². The summed E-state index contributed by atoms with van der Waals surface area (Å²) in [6, 6.07) is 12.8. The number of ether oxygens (including phenoxy) is 1. The smallest absolute Gasteiger partial charge is 0.237 e. The average molecular weight is 430 g/mol. The van der Waals surface area contributed by atoms with E-state index in [1.807, 2.05) is 12.1 Å². The summed E-state index contributed by atoms with van der Waals surface area (Å²) in [7, 11) is 1.49. The van der Waals surface area contributed by atoms with E-state index in [0.717, 1.165) is 0 Å². The van der Waals surface area contributed by atoms with E-state index in [4.69, 9.17) is 9.15 Å². The van der Waals surface area contributed by atoms with E-state index in [0.29, 0.717) is 41.6 Å². The first-order valence-corrected chi connectivity index (χ1v) is 9.46. The number of halogens is 1. The maximum Gasteiger partial charge on any atom is 0.237 e. The number of aromatic nitrogens is 1. The second-order valence-electron chi connectivity index (χ2n) is 7.03. The number of hydrogen-bond acceptors (Lipinski definition) is 6. The molecule has 3 N–H and O–H groups in total. The van der Waals surface area contributed by atoms with Gasteiger partial charge in [0.25, 0.3) is 0 Å². The Morgan fingerprint density at radius 2 is 2.07 bits per heavy atom. The third-order valence-electron chi connectivity index (χ3n) is 5.15. The number of rotatable bonds is 5. The van der Waals surface area contributed by atoms with Crippen molar-refractivity contribution in [3.63, 3.8) is 0 Å². The molecule has 1 aromatic heterocycles. The minimum atomic E-state index is -0.268. The van der Waals surface area contributed by atoms with Crippen LogP contribution in [0.4, 0.5) is 0 Å². The number of nitrogens with one attached hydrogen (secondary N) is 2. The molecule has 30 heavy (non-hydrogen) atoms. The summed E-state index contributed by atoms with van der Waals surface area (Å²) in [5, 5.41) is 16.2. The first-order valence-electron chi connectivity index (χ1n) is 9.46. The summed E-state index contributed by atoms with van der Waals surface area (Å²) in [6.07, 6.45) is 0.663. The number of oxazole rings is 1. The predicted octanol–water partition coefficient (Wildman–Crippen LogP) is 3.12. The molecular formula is C22H24ClN3O4. The second kappa shape index (κ2) is 9.19. The molecule has 3 aromatic rings. The molecular weight excluding hydrogens is 406 g/mol. The van der Waals surface area contributed by atoms with Crippen LogP contribution >= 0.6 is 12.4 Å². The van der Waals surface area contributed by atoms with Crippen molar-refractivity contribution in [1.29, 1.82) is 0 Å². The Morgan fingerprint density at radius 1 is 1.30 bits per heavy atom. The number of methoxy groups -OCH3 is 1. The van der Waals surface area contributed by atoms with Gasteiger partial charge in [-0.3, -0.25) is 4.79 Å². The van der Waals surface area contributed by atoms with Gasteiger partial charge >= 0.3 is 0 Å². The van der Waals surface area contributed by atoms with Crippen LogP contribution in [-0.2, 0) is 24.3 Å². The lowest BCUT2D eigenvalue weighted by molar-refractivity contribution is -0.123. The summed E-state index contributed by atoms with van der Waals surface area (Å²) in [5.41, 5.74) is 3.72. The quantitative estimate of drug-likeness (QED) is 0.576. The van der Waals surface area contributed by atoms with Crippen molar-refractivity contribution in [2.45, 2.75) is 32.5 Å². The van der Waals surface area contributed by atoms with Crippen LogP contribution < -0.4 is 15.4 Å². The largest absolute Gasteiger partial charge is 0.504 e. The van der Waals surface area contributed by atoms with Crippen molar-refractivity contribution in [3.05, 3.63) is 65.0 Å². The summed E-state index contributed by atoms with van der Waals surface area (Å²) in [4.78, 5) is 17.1. The molecule has 1 atom stereocenters. The number of phenolic OH excluding ortho intramolecular Hbond substituents is 1. The Bertz CT molecular complexity index is 1050. The van der Waals surface area contributed by atoms with Crippen molar-refractivity contribution in [2.24, 2.45) is 0 Å². The van der Waals surface area contributed by atoms with Crippen LogP contribution in [0.5, 0.6) is 11.5 Å². The van der Waals surface area contributed by atoms with Crippen LogP contribution in [0.15, 0.2) is 46.9 Å². The lowest BCUT2D eigenvalue weighted by atomic mass is 9.95. The monoisotopic (exact) mass is 429 g/mol. The average Bonchev–Trinajstić information content (AvgIpc) is 3.12. The standard InChI is InChI=1S/C22H23N3O4.ClH/c1-13-18(25-22(29-13)15-7-8-20(28-2)19(26)10-15)12-24-21(27)17-9-14-5-3-4-6-16(14)11-23-17;/h3-8,10,17,23,26H,9,11-12H2,1-2H3,(H,24,27);1H/t17-;/m1./s1. The van der Waals surface area contributed by atoms with E-state index in [1.54, 1.807) is 19.1 Å². The fourth-order valence-corrected chi connectivity index (χ4v) is 3.47. The summed E-state index contributed by atoms with van der Waals surface area (Å²) >= 11 is 0. The van der Waals surface area contributed by atoms with Crippen molar-refractivity contribution in [1.82, 2.24) is 15.6 Å². The molecule has 2 aromatic carbocycles. The molecule has 0 bridgehead atoms. The Morgan fingerprint density at radius 3 is 2.80 bits per heavy atom. The molecule has 8 heteroatoms. The molecule has 0 fully saturated rings. The van der Waals surface area contributed by atoms with E-state index < -0.39 is 0 Å². The molecule has 7 nitrogen and oxygen atoms in total. The Hall–Kier alpha value is -3.03.